The van der Waals surface area contributed by atoms with E-state index >= 15 is 0 Å². The van der Waals surface area contributed by atoms with Gasteiger partial charge in [0.05, 0.1) is 6.54 Å². The van der Waals surface area contributed by atoms with Crippen LogP contribution < -0.4 is 11.1 Å². The molecule has 1 unspecified atom stereocenters. The Morgan fingerprint density at radius 1 is 1.38 bits per heavy atom. The van der Waals surface area contributed by atoms with Gasteiger partial charge in [-0.2, -0.15) is 0 Å². The predicted octanol–water partition coefficient (Wildman–Crippen LogP) is 2.85. The van der Waals surface area contributed by atoms with Crippen molar-refractivity contribution in [1.29, 1.82) is 0 Å². The van der Waals surface area contributed by atoms with E-state index in [1.807, 2.05) is 12.1 Å². The third-order valence-electron chi connectivity index (χ3n) is 4.24. The number of hydrogen-bond donors (Lipinski definition) is 2. The van der Waals surface area contributed by atoms with Crippen LogP contribution in [0.15, 0.2) is 29.3 Å². The molecule has 1 aromatic rings. The van der Waals surface area contributed by atoms with Crippen molar-refractivity contribution in [3.8, 4) is 0 Å². The van der Waals surface area contributed by atoms with E-state index in [1.54, 1.807) is 0 Å². The van der Waals surface area contributed by atoms with Gasteiger partial charge in [0.25, 0.3) is 0 Å². The fraction of sp³-hybridized carbons (Fsp3) is 0.588. The third-order valence-corrected chi connectivity index (χ3v) is 4.24. The molecule has 116 valence electrons. The van der Waals surface area contributed by atoms with E-state index in [2.05, 4.69) is 41.2 Å². The molecule has 0 aromatic heterocycles. The summed E-state index contributed by atoms with van der Waals surface area (Å²) in [6.07, 6.45) is 4.88. The van der Waals surface area contributed by atoms with E-state index in [4.69, 9.17) is 5.73 Å². The maximum absolute atomic E-state index is 6.02. The Bertz CT molecular complexity index is 470. The van der Waals surface area contributed by atoms with Crippen molar-refractivity contribution in [2.45, 2.75) is 45.6 Å². The van der Waals surface area contributed by atoms with E-state index < -0.39 is 0 Å². The van der Waals surface area contributed by atoms with Gasteiger partial charge >= 0.3 is 0 Å². The summed E-state index contributed by atoms with van der Waals surface area (Å²) in [5.74, 6) is 0.518. The lowest BCUT2D eigenvalue weighted by Gasteiger charge is -2.33. The fourth-order valence-corrected chi connectivity index (χ4v) is 2.94. The molecule has 4 heteroatoms. The molecular weight excluding hydrogens is 260 g/mol. The molecule has 21 heavy (non-hydrogen) atoms. The zero-order chi connectivity index (χ0) is 15.1. The van der Waals surface area contributed by atoms with Gasteiger partial charge in [-0.05, 0) is 50.0 Å². The number of aryl methyl sites for hydroxylation is 1. The Kier molecular flexibility index (Phi) is 6.05. The highest BCUT2D eigenvalue weighted by molar-refractivity contribution is 5.92. The van der Waals surface area contributed by atoms with E-state index in [0.717, 1.165) is 25.2 Å². The molecule has 0 amide bonds. The van der Waals surface area contributed by atoms with Crippen molar-refractivity contribution >= 4 is 11.6 Å². The van der Waals surface area contributed by atoms with Crippen LogP contribution in [0.5, 0.6) is 0 Å². The van der Waals surface area contributed by atoms with Crippen LogP contribution in [0.1, 0.15) is 38.7 Å². The second-order valence-electron chi connectivity index (χ2n) is 5.68. The summed E-state index contributed by atoms with van der Waals surface area (Å²) in [6, 6.07) is 8.88. The number of aliphatic imine (C=N–C) groups is 1. The first-order valence-electron chi connectivity index (χ1n) is 8.12. The van der Waals surface area contributed by atoms with Crippen molar-refractivity contribution in [2.75, 3.05) is 25.0 Å². The third kappa shape index (κ3) is 4.74. The predicted molar refractivity (Wildman–Crippen MR) is 90.8 cm³/mol. The highest BCUT2D eigenvalue weighted by Crippen LogP contribution is 2.17. The van der Waals surface area contributed by atoms with Gasteiger partial charge in [-0.3, -0.25) is 9.89 Å². The van der Waals surface area contributed by atoms with Crippen LogP contribution in [-0.4, -0.2) is 36.5 Å². The Labute approximate surface area is 128 Å². The van der Waals surface area contributed by atoms with Gasteiger partial charge in [0.2, 0.25) is 0 Å². The standard InChI is InChI=1S/C17H28N4/c1-3-14-8-7-9-15(12-14)20-17(18)19-13-16-10-5-6-11-21(16)4-2/h7-9,12,16H,3-6,10-11,13H2,1-2H3,(H3,18,19,20). The van der Waals surface area contributed by atoms with Crippen molar-refractivity contribution in [2.24, 2.45) is 10.7 Å². The highest BCUT2D eigenvalue weighted by Gasteiger charge is 2.20. The van der Waals surface area contributed by atoms with Gasteiger partial charge in [0.1, 0.15) is 0 Å². The van der Waals surface area contributed by atoms with Gasteiger partial charge in [0.15, 0.2) is 5.96 Å². The van der Waals surface area contributed by atoms with Crippen LogP contribution in [0.3, 0.4) is 0 Å². The van der Waals surface area contributed by atoms with Gasteiger partial charge in [-0.15, -0.1) is 0 Å². The number of likely N-dealkylation sites (tertiary alicyclic amines) is 1. The van der Waals surface area contributed by atoms with E-state index in [9.17, 15) is 0 Å². The number of nitrogens with one attached hydrogen (secondary N) is 1. The van der Waals surface area contributed by atoms with Gasteiger partial charge in [-0.25, -0.2) is 0 Å². The van der Waals surface area contributed by atoms with E-state index in [1.165, 1.54) is 31.4 Å². The molecule has 0 bridgehead atoms. The summed E-state index contributed by atoms with van der Waals surface area (Å²) in [6.45, 7) is 7.47. The number of nitrogens with two attached hydrogens (primary N) is 1. The Balaban J connectivity index is 1.91. The Morgan fingerprint density at radius 3 is 3.00 bits per heavy atom. The number of piperidine rings is 1. The van der Waals surface area contributed by atoms with Crippen molar-refractivity contribution in [3.05, 3.63) is 29.8 Å². The van der Waals surface area contributed by atoms with Crippen LogP contribution in [0.2, 0.25) is 0 Å². The minimum atomic E-state index is 0.518. The van der Waals surface area contributed by atoms with E-state index in [-0.39, 0.29) is 0 Å². The number of hydrogen-bond acceptors (Lipinski definition) is 2. The number of anilines is 1. The van der Waals surface area contributed by atoms with Gasteiger partial charge < -0.3 is 11.1 Å². The smallest absolute Gasteiger partial charge is 0.193 e. The summed E-state index contributed by atoms with van der Waals surface area (Å²) in [7, 11) is 0. The largest absolute Gasteiger partial charge is 0.370 e. The van der Waals surface area contributed by atoms with Crippen LogP contribution in [0, 0.1) is 0 Å². The molecule has 2 rings (SSSR count). The maximum atomic E-state index is 6.02. The molecule has 3 N–H and O–H groups in total. The first-order valence-corrected chi connectivity index (χ1v) is 8.12. The number of likely N-dealkylation sites (N-methyl/N-ethyl adjacent to an activating group) is 1. The Hall–Kier alpha value is -1.55. The zero-order valence-electron chi connectivity index (χ0n) is 13.3. The normalized spacial score (nSPS) is 20.5. The molecule has 1 fully saturated rings. The second kappa shape index (κ2) is 8.03. The minimum Gasteiger partial charge on any atom is -0.370 e. The summed E-state index contributed by atoms with van der Waals surface area (Å²) < 4.78 is 0. The van der Waals surface area contributed by atoms with Crippen LogP contribution in [-0.2, 0) is 6.42 Å². The van der Waals surface area contributed by atoms with Crippen LogP contribution in [0.25, 0.3) is 0 Å². The summed E-state index contributed by atoms with van der Waals surface area (Å²) in [5.41, 5.74) is 8.34. The van der Waals surface area contributed by atoms with Crippen molar-refractivity contribution in [3.63, 3.8) is 0 Å². The van der Waals surface area contributed by atoms with Crippen LogP contribution >= 0.6 is 0 Å². The maximum Gasteiger partial charge on any atom is 0.193 e. The molecule has 1 atom stereocenters. The summed E-state index contributed by atoms with van der Waals surface area (Å²) in [5, 5.41) is 3.20. The second-order valence-corrected chi connectivity index (χ2v) is 5.68. The molecular formula is C17H28N4. The fourth-order valence-electron chi connectivity index (χ4n) is 2.94. The minimum absolute atomic E-state index is 0.518. The molecule has 4 nitrogen and oxygen atoms in total. The molecule has 1 saturated heterocycles. The molecule has 0 radical (unpaired) electrons. The first kappa shape index (κ1) is 15.8. The number of guanidine groups is 1. The SMILES string of the molecule is CCc1cccc(NC(N)=NCC2CCCCN2CC)c1. The van der Waals surface area contributed by atoms with Gasteiger partial charge in [-0.1, -0.05) is 32.4 Å². The number of rotatable bonds is 5. The zero-order valence-corrected chi connectivity index (χ0v) is 13.3. The van der Waals surface area contributed by atoms with Crippen molar-refractivity contribution in [1.82, 2.24) is 4.90 Å². The molecule has 0 saturated carbocycles. The molecule has 1 heterocycles. The lowest BCUT2D eigenvalue weighted by atomic mass is 10.0. The van der Waals surface area contributed by atoms with E-state index in [0.29, 0.717) is 12.0 Å². The average Bonchev–Trinajstić information content (AvgIpc) is 2.53. The molecule has 1 aromatic carbocycles. The monoisotopic (exact) mass is 288 g/mol. The first-order chi connectivity index (χ1) is 10.2. The quantitative estimate of drug-likeness (QED) is 0.647. The summed E-state index contributed by atoms with van der Waals surface area (Å²) >= 11 is 0. The summed E-state index contributed by atoms with van der Waals surface area (Å²) in [4.78, 5) is 7.05. The molecule has 1 aliphatic rings. The van der Waals surface area contributed by atoms with Crippen molar-refractivity contribution < 1.29 is 0 Å². The Morgan fingerprint density at radius 2 is 2.24 bits per heavy atom. The lowest BCUT2D eigenvalue weighted by Crippen LogP contribution is -2.41. The number of benzene rings is 1. The lowest BCUT2D eigenvalue weighted by molar-refractivity contribution is 0.161. The van der Waals surface area contributed by atoms with Gasteiger partial charge in [0, 0.05) is 11.7 Å². The highest BCUT2D eigenvalue weighted by atomic mass is 15.2. The molecule has 0 aliphatic carbocycles. The topological polar surface area (TPSA) is 53.6 Å². The molecule has 0 spiro atoms. The van der Waals surface area contributed by atoms with Crippen LogP contribution in [0.4, 0.5) is 5.69 Å². The number of nitrogens with zero attached hydrogens (tertiary/aromatic N) is 2. The average molecular weight is 288 g/mol. The molecule has 1 aliphatic heterocycles.